The van der Waals surface area contributed by atoms with Gasteiger partial charge < -0.3 is 4.74 Å². The molecule has 2 aromatic rings. The lowest BCUT2D eigenvalue weighted by molar-refractivity contribution is 0.321. The third kappa shape index (κ3) is 3.28. The van der Waals surface area contributed by atoms with E-state index in [1.165, 1.54) is 11.5 Å². The molecule has 78 valence electrons. The number of para-hydroxylation sites is 1. The van der Waals surface area contributed by atoms with E-state index in [0.29, 0.717) is 11.3 Å². The minimum atomic E-state index is 0.631. The average molecular weight is 285 g/mol. The Morgan fingerprint density at radius 1 is 1.27 bits per heavy atom. The van der Waals surface area contributed by atoms with Crippen LogP contribution in [-0.2, 0) is 6.42 Å². The molecule has 0 fully saturated rings. The van der Waals surface area contributed by atoms with Crippen LogP contribution in [0, 0.1) is 0 Å². The molecule has 5 heteroatoms. The van der Waals surface area contributed by atoms with Gasteiger partial charge in [0.25, 0.3) is 0 Å². The molecule has 0 unspecified atom stereocenters. The van der Waals surface area contributed by atoms with Crippen LogP contribution in [0.15, 0.2) is 35.1 Å². The summed E-state index contributed by atoms with van der Waals surface area (Å²) in [5.74, 6) is 0.890. The Hall–Kier alpha value is -0.940. The summed E-state index contributed by atoms with van der Waals surface area (Å²) in [5.41, 5.74) is 0. The van der Waals surface area contributed by atoms with Crippen molar-refractivity contribution in [1.29, 1.82) is 0 Å². The summed E-state index contributed by atoms with van der Waals surface area (Å²) in [7, 11) is 0. The van der Waals surface area contributed by atoms with Crippen molar-refractivity contribution in [2.45, 2.75) is 6.42 Å². The van der Waals surface area contributed by atoms with Gasteiger partial charge in [-0.25, -0.2) is 4.98 Å². The number of hydrogen-bond donors (Lipinski definition) is 0. The van der Waals surface area contributed by atoms with E-state index in [-0.39, 0.29) is 0 Å². The van der Waals surface area contributed by atoms with Gasteiger partial charge in [-0.3, -0.25) is 0 Å². The highest BCUT2D eigenvalue weighted by atomic mass is 79.9. The Morgan fingerprint density at radius 3 is 2.73 bits per heavy atom. The Labute approximate surface area is 100 Å². The van der Waals surface area contributed by atoms with Crippen LogP contribution in [0.25, 0.3) is 0 Å². The van der Waals surface area contributed by atoms with Gasteiger partial charge in [-0.15, -0.1) is 0 Å². The second-order valence-corrected chi connectivity index (χ2v) is 4.41. The summed E-state index contributed by atoms with van der Waals surface area (Å²) in [6.07, 6.45) is 0.790. The van der Waals surface area contributed by atoms with Crippen LogP contribution in [0.2, 0.25) is 0 Å². The molecule has 0 amide bonds. The van der Waals surface area contributed by atoms with E-state index in [1.54, 1.807) is 0 Å². The first kappa shape index (κ1) is 10.6. The fourth-order valence-corrected chi connectivity index (χ4v) is 2.18. The fraction of sp³-hybridized carbons (Fsp3) is 0.200. The van der Waals surface area contributed by atoms with Crippen molar-refractivity contribution < 1.29 is 4.74 Å². The van der Waals surface area contributed by atoms with Gasteiger partial charge in [0.15, 0.2) is 0 Å². The second-order valence-electron chi connectivity index (χ2n) is 2.87. The summed E-state index contributed by atoms with van der Waals surface area (Å²) in [5, 5.41) is 0.984. The van der Waals surface area contributed by atoms with Gasteiger partial charge in [0.1, 0.15) is 10.8 Å². The number of hydrogen-bond acceptors (Lipinski definition) is 4. The van der Waals surface area contributed by atoms with Crippen molar-refractivity contribution in [1.82, 2.24) is 9.36 Å². The number of halogens is 1. The molecule has 0 aliphatic carbocycles. The first-order chi connectivity index (χ1) is 7.34. The maximum atomic E-state index is 5.54. The Kier molecular flexibility index (Phi) is 3.69. The van der Waals surface area contributed by atoms with Gasteiger partial charge in [-0.05, 0) is 39.6 Å². The van der Waals surface area contributed by atoms with E-state index >= 15 is 0 Å². The highest BCUT2D eigenvalue weighted by Crippen LogP contribution is 2.12. The Balaban J connectivity index is 1.80. The van der Waals surface area contributed by atoms with E-state index in [0.717, 1.165) is 17.2 Å². The van der Waals surface area contributed by atoms with Crippen LogP contribution in [-0.4, -0.2) is 16.0 Å². The molecule has 0 radical (unpaired) electrons. The molecule has 0 aliphatic rings. The molecule has 0 N–H and O–H groups in total. The van der Waals surface area contributed by atoms with Crippen LogP contribution in [0.1, 0.15) is 5.01 Å². The van der Waals surface area contributed by atoms with Gasteiger partial charge >= 0.3 is 0 Å². The molecular weight excluding hydrogens is 276 g/mol. The van der Waals surface area contributed by atoms with Gasteiger partial charge in [0.2, 0.25) is 4.73 Å². The average Bonchev–Trinajstić information content (AvgIpc) is 2.66. The summed E-state index contributed by atoms with van der Waals surface area (Å²) in [6, 6.07) is 9.76. The van der Waals surface area contributed by atoms with Crippen molar-refractivity contribution >= 4 is 27.5 Å². The van der Waals surface area contributed by atoms with Crippen LogP contribution in [0.3, 0.4) is 0 Å². The molecule has 1 aromatic carbocycles. The highest BCUT2D eigenvalue weighted by molar-refractivity contribution is 9.10. The third-order valence-corrected chi connectivity index (χ3v) is 3.13. The lowest BCUT2D eigenvalue weighted by Gasteiger charge is -2.03. The molecule has 0 atom stereocenters. The lowest BCUT2D eigenvalue weighted by atomic mass is 10.3. The van der Waals surface area contributed by atoms with Crippen molar-refractivity contribution in [3.63, 3.8) is 0 Å². The van der Waals surface area contributed by atoms with E-state index in [4.69, 9.17) is 4.74 Å². The normalized spacial score (nSPS) is 10.2. The van der Waals surface area contributed by atoms with Crippen LogP contribution < -0.4 is 4.74 Å². The van der Waals surface area contributed by atoms with E-state index < -0.39 is 0 Å². The number of aromatic nitrogens is 2. The maximum absolute atomic E-state index is 5.54. The number of nitrogens with zero attached hydrogens (tertiary/aromatic N) is 2. The molecule has 1 heterocycles. The molecular formula is C10H9BrN2OS. The van der Waals surface area contributed by atoms with Gasteiger partial charge in [0, 0.05) is 6.42 Å². The Morgan fingerprint density at radius 2 is 2.07 bits per heavy atom. The van der Waals surface area contributed by atoms with Gasteiger partial charge in [-0.1, -0.05) is 18.2 Å². The zero-order valence-corrected chi connectivity index (χ0v) is 10.3. The molecule has 3 nitrogen and oxygen atoms in total. The molecule has 0 aliphatic heterocycles. The smallest absolute Gasteiger partial charge is 0.209 e. The molecule has 0 bridgehead atoms. The zero-order chi connectivity index (χ0) is 10.5. The number of rotatable bonds is 4. The first-order valence-corrected chi connectivity index (χ1v) is 6.07. The molecule has 0 saturated carbocycles. The molecule has 15 heavy (non-hydrogen) atoms. The number of ether oxygens (including phenoxy) is 1. The largest absolute Gasteiger partial charge is 0.493 e. The van der Waals surface area contributed by atoms with Crippen LogP contribution in [0.5, 0.6) is 5.75 Å². The minimum Gasteiger partial charge on any atom is -0.493 e. The van der Waals surface area contributed by atoms with E-state index in [1.807, 2.05) is 30.3 Å². The SMILES string of the molecule is Brc1nsc(CCOc2ccccc2)n1. The lowest BCUT2D eigenvalue weighted by Crippen LogP contribution is -2.00. The second kappa shape index (κ2) is 5.23. The summed E-state index contributed by atoms with van der Waals surface area (Å²) in [4.78, 5) is 4.19. The van der Waals surface area contributed by atoms with Crippen LogP contribution >= 0.6 is 27.5 Å². The molecule has 1 aromatic heterocycles. The fourth-order valence-electron chi connectivity index (χ4n) is 1.11. The summed E-state index contributed by atoms with van der Waals surface area (Å²) >= 11 is 4.61. The molecule has 0 spiro atoms. The number of benzene rings is 1. The van der Waals surface area contributed by atoms with Crippen LogP contribution in [0.4, 0.5) is 0 Å². The van der Waals surface area contributed by atoms with Crippen molar-refractivity contribution in [3.8, 4) is 5.75 Å². The third-order valence-electron chi connectivity index (χ3n) is 1.77. The van der Waals surface area contributed by atoms with Crippen molar-refractivity contribution in [2.75, 3.05) is 6.61 Å². The Bertz CT molecular complexity index is 418. The zero-order valence-electron chi connectivity index (χ0n) is 7.89. The van der Waals surface area contributed by atoms with Gasteiger partial charge in [0.05, 0.1) is 6.61 Å². The predicted molar refractivity (Wildman–Crippen MR) is 63.3 cm³/mol. The highest BCUT2D eigenvalue weighted by Gasteiger charge is 2.01. The molecule has 0 saturated heterocycles. The summed E-state index contributed by atoms with van der Waals surface area (Å²) < 4.78 is 10.2. The van der Waals surface area contributed by atoms with E-state index in [9.17, 15) is 0 Å². The van der Waals surface area contributed by atoms with Gasteiger partial charge in [-0.2, -0.15) is 4.37 Å². The maximum Gasteiger partial charge on any atom is 0.209 e. The predicted octanol–water partition coefficient (Wildman–Crippen LogP) is 2.92. The quantitative estimate of drug-likeness (QED) is 0.866. The standard InChI is InChI=1S/C10H9BrN2OS/c11-10-12-9(15-13-10)6-7-14-8-4-2-1-3-5-8/h1-5H,6-7H2. The topological polar surface area (TPSA) is 35.0 Å². The monoisotopic (exact) mass is 284 g/mol. The minimum absolute atomic E-state index is 0.631. The van der Waals surface area contributed by atoms with Crippen molar-refractivity contribution in [2.24, 2.45) is 0 Å². The first-order valence-electron chi connectivity index (χ1n) is 4.50. The van der Waals surface area contributed by atoms with Crippen molar-refractivity contribution in [3.05, 3.63) is 40.1 Å². The van der Waals surface area contributed by atoms with E-state index in [2.05, 4.69) is 25.3 Å². The summed E-state index contributed by atoms with van der Waals surface area (Å²) in [6.45, 7) is 0.631. The molecule has 2 rings (SSSR count).